The highest BCUT2D eigenvalue weighted by Gasteiger charge is 2.26. The standard InChI is InChI=1S/C13H11N5O/c19-13-11-12(17-18-16-11)14-10(15-13)8-4-7-9-5-2-1-3-6-9/h1-3,5-6H,4,7-8H2. The van der Waals surface area contributed by atoms with E-state index in [2.05, 4.69) is 37.6 Å². The fraction of sp³-hybridized carbons (Fsp3) is 0.231. The topological polar surface area (TPSA) is 78.9 Å². The van der Waals surface area contributed by atoms with E-state index in [1.807, 2.05) is 18.2 Å². The molecule has 1 aromatic rings. The number of carbonyl (C=O) groups is 1. The molecule has 0 unspecified atom stereocenters. The molecule has 0 atom stereocenters. The van der Waals surface area contributed by atoms with Crippen LogP contribution in [0.15, 0.2) is 55.8 Å². The van der Waals surface area contributed by atoms with Gasteiger partial charge in [-0.3, -0.25) is 4.79 Å². The third kappa shape index (κ3) is 2.52. The van der Waals surface area contributed by atoms with Crippen molar-refractivity contribution in [3.05, 3.63) is 35.9 Å². The summed E-state index contributed by atoms with van der Waals surface area (Å²) in [7, 11) is 0. The first-order valence-corrected chi connectivity index (χ1v) is 6.06. The molecule has 0 radical (unpaired) electrons. The fourth-order valence-electron chi connectivity index (χ4n) is 1.94. The number of fused-ring (bicyclic) bond motifs is 1. The number of carbonyl (C=O) groups excluding carboxylic acids is 1. The zero-order chi connectivity index (χ0) is 13.1. The molecule has 2 heterocycles. The first-order valence-electron chi connectivity index (χ1n) is 6.06. The van der Waals surface area contributed by atoms with Gasteiger partial charge in [0, 0.05) is 6.42 Å². The van der Waals surface area contributed by atoms with E-state index in [1.54, 1.807) is 0 Å². The van der Waals surface area contributed by atoms with E-state index in [9.17, 15) is 4.79 Å². The Kier molecular flexibility index (Phi) is 3.06. The SMILES string of the molecule is O=C1N=C(CCCc2ccccc2)N=C2N=NN=C12. The minimum Gasteiger partial charge on any atom is -0.265 e. The van der Waals surface area contributed by atoms with Crippen LogP contribution in [0, 0.1) is 0 Å². The normalized spacial score (nSPS) is 16.8. The van der Waals surface area contributed by atoms with Crippen LogP contribution >= 0.6 is 0 Å². The van der Waals surface area contributed by atoms with Gasteiger partial charge in [-0.25, -0.2) is 4.99 Å². The van der Waals surface area contributed by atoms with Crippen molar-refractivity contribution < 1.29 is 4.79 Å². The van der Waals surface area contributed by atoms with Crippen LogP contribution in [0.1, 0.15) is 18.4 Å². The van der Waals surface area contributed by atoms with Crippen molar-refractivity contribution in [2.75, 3.05) is 0 Å². The highest BCUT2D eigenvalue weighted by atomic mass is 16.1. The monoisotopic (exact) mass is 253 g/mol. The second-order valence-electron chi connectivity index (χ2n) is 4.25. The molecule has 2 aliphatic heterocycles. The van der Waals surface area contributed by atoms with Gasteiger partial charge in [0.05, 0.1) is 0 Å². The number of hydrogen-bond acceptors (Lipinski definition) is 5. The lowest BCUT2D eigenvalue weighted by Crippen LogP contribution is -2.25. The van der Waals surface area contributed by atoms with Crippen molar-refractivity contribution in [1.82, 2.24) is 0 Å². The molecule has 19 heavy (non-hydrogen) atoms. The molecular formula is C13H11N5O. The molecule has 2 aliphatic rings. The second-order valence-corrected chi connectivity index (χ2v) is 4.25. The quantitative estimate of drug-likeness (QED) is 0.809. The van der Waals surface area contributed by atoms with Gasteiger partial charge in [0.1, 0.15) is 5.84 Å². The van der Waals surface area contributed by atoms with Crippen LogP contribution in [0.25, 0.3) is 0 Å². The molecule has 6 heteroatoms. The van der Waals surface area contributed by atoms with Crippen molar-refractivity contribution in [3.63, 3.8) is 0 Å². The predicted molar refractivity (Wildman–Crippen MR) is 71.5 cm³/mol. The minimum absolute atomic E-state index is 0.145. The Morgan fingerprint density at radius 2 is 1.84 bits per heavy atom. The molecule has 94 valence electrons. The average molecular weight is 253 g/mol. The Labute approximate surface area is 109 Å². The Morgan fingerprint density at radius 3 is 2.68 bits per heavy atom. The molecule has 0 saturated carbocycles. The number of amidine groups is 2. The van der Waals surface area contributed by atoms with Crippen LogP contribution in [-0.2, 0) is 11.2 Å². The van der Waals surface area contributed by atoms with E-state index in [0.717, 1.165) is 12.8 Å². The number of hydrogen-bond donors (Lipinski definition) is 0. The molecule has 3 rings (SSSR count). The number of nitrogens with zero attached hydrogens (tertiary/aromatic N) is 5. The summed E-state index contributed by atoms with van der Waals surface area (Å²) in [4.78, 5) is 19.7. The molecule has 0 fully saturated rings. The molecule has 0 aromatic heterocycles. The van der Waals surface area contributed by atoms with Gasteiger partial charge in [-0.1, -0.05) is 30.3 Å². The Hall–Kier alpha value is -2.50. The van der Waals surface area contributed by atoms with Gasteiger partial charge in [0.25, 0.3) is 0 Å². The zero-order valence-corrected chi connectivity index (χ0v) is 10.2. The first-order chi connectivity index (χ1) is 9.33. The van der Waals surface area contributed by atoms with E-state index in [-0.39, 0.29) is 11.5 Å². The lowest BCUT2D eigenvalue weighted by molar-refractivity contribution is -0.111. The second kappa shape index (κ2) is 5.01. The van der Waals surface area contributed by atoms with Crippen molar-refractivity contribution in [1.29, 1.82) is 0 Å². The lowest BCUT2D eigenvalue weighted by atomic mass is 10.1. The highest BCUT2D eigenvalue weighted by molar-refractivity contribution is 6.69. The molecule has 1 amide bonds. The highest BCUT2D eigenvalue weighted by Crippen LogP contribution is 2.11. The van der Waals surface area contributed by atoms with E-state index >= 15 is 0 Å². The number of rotatable bonds is 4. The van der Waals surface area contributed by atoms with Crippen molar-refractivity contribution >= 4 is 23.3 Å². The molecule has 6 nitrogen and oxygen atoms in total. The van der Waals surface area contributed by atoms with Gasteiger partial charge in [-0.15, -0.1) is 10.2 Å². The first kappa shape index (κ1) is 11.6. The van der Waals surface area contributed by atoms with Crippen molar-refractivity contribution in [2.45, 2.75) is 19.3 Å². The summed E-state index contributed by atoms with van der Waals surface area (Å²) in [5.41, 5.74) is 1.41. The molecule has 0 bridgehead atoms. The van der Waals surface area contributed by atoms with Gasteiger partial charge in [-0.2, -0.15) is 4.99 Å². The van der Waals surface area contributed by atoms with Gasteiger partial charge in [0.15, 0.2) is 0 Å². The summed E-state index contributed by atoms with van der Waals surface area (Å²) in [5.74, 6) is 0.398. The molecular weight excluding hydrogens is 242 g/mol. The van der Waals surface area contributed by atoms with Crippen LogP contribution < -0.4 is 0 Å². The molecule has 0 saturated heterocycles. The summed E-state index contributed by atoms with van der Waals surface area (Å²) in [5, 5.41) is 10.7. The van der Waals surface area contributed by atoms with Gasteiger partial charge < -0.3 is 0 Å². The van der Waals surface area contributed by atoms with Crippen LogP contribution in [0.5, 0.6) is 0 Å². The number of benzene rings is 1. The third-order valence-electron chi connectivity index (χ3n) is 2.87. The maximum atomic E-state index is 11.6. The zero-order valence-electron chi connectivity index (χ0n) is 10.2. The molecule has 0 aliphatic carbocycles. The van der Waals surface area contributed by atoms with Gasteiger partial charge >= 0.3 is 5.91 Å². The Balaban J connectivity index is 1.61. The van der Waals surface area contributed by atoms with E-state index < -0.39 is 5.91 Å². The van der Waals surface area contributed by atoms with Gasteiger partial charge in [0.2, 0.25) is 11.5 Å². The summed E-state index contributed by atoms with van der Waals surface area (Å²) in [6.07, 6.45) is 2.46. The van der Waals surface area contributed by atoms with Crippen LogP contribution in [0.4, 0.5) is 0 Å². The van der Waals surface area contributed by atoms with Crippen molar-refractivity contribution in [2.24, 2.45) is 25.4 Å². The van der Waals surface area contributed by atoms with Crippen LogP contribution in [0.2, 0.25) is 0 Å². The number of aliphatic imine (C=N–C) groups is 2. The van der Waals surface area contributed by atoms with E-state index in [1.165, 1.54) is 5.56 Å². The predicted octanol–water partition coefficient (Wildman–Crippen LogP) is 2.17. The van der Waals surface area contributed by atoms with Gasteiger partial charge in [-0.05, 0) is 23.6 Å². The summed E-state index contributed by atoms with van der Waals surface area (Å²) in [6, 6.07) is 10.2. The molecule has 0 spiro atoms. The largest absolute Gasteiger partial charge is 0.303 e. The number of amides is 1. The summed E-state index contributed by atoms with van der Waals surface area (Å²) < 4.78 is 0. The summed E-state index contributed by atoms with van der Waals surface area (Å²) in [6.45, 7) is 0. The Bertz CT molecular complexity index is 628. The smallest absolute Gasteiger partial charge is 0.265 e. The van der Waals surface area contributed by atoms with E-state index in [4.69, 9.17) is 0 Å². The maximum absolute atomic E-state index is 11.6. The molecule has 1 aromatic carbocycles. The summed E-state index contributed by atoms with van der Waals surface area (Å²) >= 11 is 0. The van der Waals surface area contributed by atoms with Crippen LogP contribution in [0.3, 0.4) is 0 Å². The number of aryl methyl sites for hydroxylation is 1. The lowest BCUT2D eigenvalue weighted by Gasteiger charge is -2.06. The maximum Gasteiger partial charge on any atom is 0.303 e. The van der Waals surface area contributed by atoms with Crippen LogP contribution in [-0.4, -0.2) is 23.3 Å². The van der Waals surface area contributed by atoms with E-state index in [0.29, 0.717) is 12.3 Å². The molecule has 0 N–H and O–H groups in total. The third-order valence-corrected chi connectivity index (χ3v) is 2.87. The fourth-order valence-corrected chi connectivity index (χ4v) is 1.94. The minimum atomic E-state index is -0.398. The van der Waals surface area contributed by atoms with Crippen molar-refractivity contribution in [3.8, 4) is 0 Å². The average Bonchev–Trinajstić information content (AvgIpc) is 2.89. The Morgan fingerprint density at radius 1 is 1.00 bits per heavy atom.